The lowest BCUT2D eigenvalue weighted by molar-refractivity contribution is 0.0517. The number of amides is 4. The Morgan fingerprint density at radius 3 is 1.18 bits per heavy atom. The molecule has 0 bridgehead atoms. The van der Waals surface area contributed by atoms with Gasteiger partial charge in [-0.1, -0.05) is 77.6 Å². The van der Waals surface area contributed by atoms with Gasteiger partial charge in [-0.3, -0.25) is 29.0 Å². The molecule has 5 aromatic rings. The van der Waals surface area contributed by atoms with E-state index in [0.29, 0.717) is 39.6 Å². The van der Waals surface area contributed by atoms with E-state index in [1.165, 1.54) is 9.80 Å². The minimum Gasteiger partial charge on any atom is -0.274 e. The standard InChI is InChI=1S/C39H40N2O4/c1-5-9-22(10-6-2)21-40-36(42)28-17-13-24-26-15-19-30-35-31(39(45)41(38(30)44)23(11-7-3)12-8-4)20-16-27(33(26)35)25-14-18-29(37(40)43)34(28)32(24)25/h13-20,22-23H,5-12,21H2,1-4H3. The van der Waals surface area contributed by atoms with Gasteiger partial charge in [0.25, 0.3) is 23.6 Å². The number of carbonyl (C=O) groups is 4. The van der Waals surface area contributed by atoms with E-state index in [4.69, 9.17) is 0 Å². The molecule has 0 N–H and O–H groups in total. The Bertz CT molecular complexity index is 1910. The summed E-state index contributed by atoms with van der Waals surface area (Å²) in [6.07, 6.45) is 7.36. The second kappa shape index (κ2) is 11.2. The lowest BCUT2D eigenvalue weighted by atomic mass is 9.82. The first kappa shape index (κ1) is 29.4. The minimum absolute atomic E-state index is 0.124. The molecule has 0 aliphatic carbocycles. The molecule has 230 valence electrons. The number of nitrogens with zero attached hydrogens (tertiary/aromatic N) is 2. The molecule has 0 saturated carbocycles. The Labute approximate surface area is 263 Å². The SMILES string of the molecule is CCCC(CCC)CN1C(=O)c2ccc3c4ccc5c6c(ccc(c7ccc(c2c37)C1=O)c64)C(=O)N(C(CCC)CCC)C5=O. The number of fused-ring (bicyclic) bond motifs is 2. The summed E-state index contributed by atoms with van der Waals surface area (Å²) in [6.45, 7) is 8.90. The van der Waals surface area contributed by atoms with Crippen LogP contribution >= 0.6 is 0 Å². The molecular weight excluding hydrogens is 560 g/mol. The first-order valence-corrected chi connectivity index (χ1v) is 16.8. The quantitative estimate of drug-likeness (QED) is 0.0861. The van der Waals surface area contributed by atoms with Gasteiger partial charge in [0.2, 0.25) is 0 Å². The highest BCUT2D eigenvalue weighted by Gasteiger charge is 2.39. The number of benzene rings is 5. The average molecular weight is 601 g/mol. The summed E-state index contributed by atoms with van der Waals surface area (Å²) in [5, 5.41) is 6.87. The van der Waals surface area contributed by atoms with Crippen LogP contribution in [-0.2, 0) is 0 Å². The first-order chi connectivity index (χ1) is 21.9. The second-order valence-electron chi connectivity index (χ2n) is 13.0. The van der Waals surface area contributed by atoms with Crippen LogP contribution in [0.5, 0.6) is 0 Å². The Morgan fingerprint density at radius 2 is 0.822 bits per heavy atom. The molecule has 45 heavy (non-hydrogen) atoms. The second-order valence-corrected chi connectivity index (χ2v) is 13.0. The van der Waals surface area contributed by atoms with Crippen molar-refractivity contribution in [2.45, 2.75) is 85.1 Å². The van der Waals surface area contributed by atoms with E-state index in [1.807, 2.05) is 48.5 Å². The molecular formula is C39H40N2O4. The van der Waals surface area contributed by atoms with Gasteiger partial charge < -0.3 is 0 Å². The third-order valence-electron chi connectivity index (χ3n) is 10.2. The van der Waals surface area contributed by atoms with Crippen LogP contribution in [0.25, 0.3) is 43.1 Å². The van der Waals surface area contributed by atoms with Gasteiger partial charge in [0.1, 0.15) is 0 Å². The van der Waals surface area contributed by atoms with Crippen molar-refractivity contribution in [1.82, 2.24) is 9.80 Å². The average Bonchev–Trinajstić information content (AvgIpc) is 3.04. The van der Waals surface area contributed by atoms with E-state index in [1.54, 1.807) is 0 Å². The summed E-state index contributed by atoms with van der Waals surface area (Å²) in [7, 11) is 0. The van der Waals surface area contributed by atoms with Crippen LogP contribution in [0.15, 0.2) is 48.5 Å². The first-order valence-electron chi connectivity index (χ1n) is 16.8. The van der Waals surface area contributed by atoms with Crippen LogP contribution < -0.4 is 0 Å². The maximum Gasteiger partial charge on any atom is 0.261 e. The largest absolute Gasteiger partial charge is 0.274 e. The molecule has 2 aliphatic rings. The van der Waals surface area contributed by atoms with Gasteiger partial charge in [-0.05, 0) is 88.2 Å². The van der Waals surface area contributed by atoms with Crippen LogP contribution in [0.1, 0.15) is 120 Å². The Kier molecular flexibility index (Phi) is 7.34. The molecule has 2 heterocycles. The topological polar surface area (TPSA) is 74.8 Å². The van der Waals surface area contributed by atoms with Crippen molar-refractivity contribution >= 4 is 66.7 Å². The van der Waals surface area contributed by atoms with E-state index in [9.17, 15) is 19.2 Å². The molecule has 0 saturated heterocycles. The van der Waals surface area contributed by atoms with Gasteiger partial charge in [-0.25, -0.2) is 0 Å². The fourth-order valence-electron chi connectivity index (χ4n) is 8.30. The molecule has 4 amide bonds. The van der Waals surface area contributed by atoms with Crippen molar-refractivity contribution in [3.8, 4) is 0 Å². The number of hydrogen-bond donors (Lipinski definition) is 0. The Morgan fingerprint density at radius 1 is 0.467 bits per heavy atom. The van der Waals surface area contributed by atoms with Gasteiger partial charge in [0, 0.05) is 45.6 Å². The number of hydrogen-bond acceptors (Lipinski definition) is 4. The van der Waals surface area contributed by atoms with Gasteiger partial charge in [-0.15, -0.1) is 0 Å². The van der Waals surface area contributed by atoms with Crippen LogP contribution in [0.3, 0.4) is 0 Å². The molecule has 0 aromatic heterocycles. The van der Waals surface area contributed by atoms with Gasteiger partial charge in [0.05, 0.1) is 0 Å². The van der Waals surface area contributed by atoms with E-state index in [2.05, 4.69) is 27.7 Å². The van der Waals surface area contributed by atoms with Crippen molar-refractivity contribution in [1.29, 1.82) is 0 Å². The van der Waals surface area contributed by atoms with Crippen molar-refractivity contribution < 1.29 is 19.2 Å². The number of rotatable bonds is 11. The Balaban J connectivity index is 1.43. The van der Waals surface area contributed by atoms with Crippen LogP contribution in [0.2, 0.25) is 0 Å². The third kappa shape index (κ3) is 4.21. The van der Waals surface area contributed by atoms with Crippen molar-refractivity contribution in [3.63, 3.8) is 0 Å². The van der Waals surface area contributed by atoms with E-state index >= 15 is 0 Å². The highest BCUT2D eigenvalue weighted by Crippen LogP contribution is 2.46. The normalized spacial score (nSPS) is 15.1. The molecule has 0 spiro atoms. The third-order valence-corrected chi connectivity index (χ3v) is 10.2. The molecule has 6 nitrogen and oxygen atoms in total. The lowest BCUT2D eigenvalue weighted by Crippen LogP contribution is -2.47. The molecule has 0 fully saturated rings. The molecule has 0 radical (unpaired) electrons. The molecule has 6 heteroatoms. The number of imide groups is 2. The van der Waals surface area contributed by atoms with Crippen LogP contribution in [0, 0.1) is 5.92 Å². The highest BCUT2D eigenvalue weighted by molar-refractivity contribution is 6.41. The van der Waals surface area contributed by atoms with E-state index in [0.717, 1.165) is 83.7 Å². The fourth-order valence-corrected chi connectivity index (χ4v) is 8.30. The fraction of sp³-hybridized carbons (Fsp3) is 0.385. The summed E-state index contributed by atoms with van der Waals surface area (Å²) < 4.78 is 0. The molecule has 2 aliphatic heterocycles. The van der Waals surface area contributed by atoms with Crippen LogP contribution in [0.4, 0.5) is 0 Å². The Hall–Kier alpha value is -4.32. The monoisotopic (exact) mass is 600 g/mol. The molecule has 5 aromatic carbocycles. The molecule has 0 atom stereocenters. The molecule has 0 unspecified atom stereocenters. The number of carbonyl (C=O) groups excluding carboxylic acids is 4. The summed E-state index contributed by atoms with van der Waals surface area (Å²) in [5.41, 5.74) is 2.24. The maximum absolute atomic E-state index is 14.0. The van der Waals surface area contributed by atoms with Crippen LogP contribution in [-0.4, -0.2) is 46.0 Å². The minimum atomic E-state index is -0.227. The van der Waals surface area contributed by atoms with E-state index < -0.39 is 0 Å². The van der Waals surface area contributed by atoms with Crippen molar-refractivity contribution in [2.24, 2.45) is 5.92 Å². The molecule has 7 rings (SSSR count). The predicted molar refractivity (Wildman–Crippen MR) is 180 cm³/mol. The zero-order chi connectivity index (χ0) is 31.6. The van der Waals surface area contributed by atoms with Crippen molar-refractivity contribution in [2.75, 3.05) is 6.54 Å². The predicted octanol–water partition coefficient (Wildman–Crippen LogP) is 9.11. The van der Waals surface area contributed by atoms with Gasteiger partial charge in [0.15, 0.2) is 0 Å². The summed E-state index contributed by atoms with van der Waals surface area (Å²) in [6, 6.07) is 15.3. The zero-order valence-electron chi connectivity index (χ0n) is 26.7. The van der Waals surface area contributed by atoms with Gasteiger partial charge >= 0.3 is 0 Å². The van der Waals surface area contributed by atoms with E-state index in [-0.39, 0.29) is 35.6 Å². The summed E-state index contributed by atoms with van der Waals surface area (Å²) >= 11 is 0. The summed E-state index contributed by atoms with van der Waals surface area (Å²) in [5.74, 6) is -0.613. The maximum atomic E-state index is 14.0. The summed E-state index contributed by atoms with van der Waals surface area (Å²) in [4.78, 5) is 58.8. The lowest BCUT2D eigenvalue weighted by Gasteiger charge is -2.34. The smallest absolute Gasteiger partial charge is 0.261 e. The highest BCUT2D eigenvalue weighted by atomic mass is 16.2. The zero-order valence-corrected chi connectivity index (χ0v) is 26.7. The van der Waals surface area contributed by atoms with Gasteiger partial charge in [-0.2, -0.15) is 0 Å². The van der Waals surface area contributed by atoms with Crippen molar-refractivity contribution in [3.05, 3.63) is 70.8 Å².